The molecule has 0 fully saturated rings. The Hall–Kier alpha value is -2.91. The first-order valence-electron chi connectivity index (χ1n) is 10.1. The lowest BCUT2D eigenvalue weighted by molar-refractivity contribution is -0.122. The molecule has 2 atom stereocenters. The van der Waals surface area contributed by atoms with E-state index in [0.717, 1.165) is 5.56 Å². The van der Waals surface area contributed by atoms with Crippen LogP contribution in [0.5, 0.6) is 5.75 Å². The number of nitrogens with one attached hydrogen (secondary N) is 3. The number of benzene rings is 2. The number of anilines is 2. The first-order chi connectivity index (χ1) is 14.5. The molecule has 0 saturated heterocycles. The zero-order valence-electron chi connectivity index (χ0n) is 17.9. The normalized spacial score (nSPS) is 16.8. The van der Waals surface area contributed by atoms with Gasteiger partial charge in [0.2, 0.25) is 15.9 Å². The Bertz CT molecular complexity index is 1080. The molecule has 0 radical (unpaired) electrons. The van der Waals surface area contributed by atoms with Gasteiger partial charge in [-0.15, -0.1) is 0 Å². The molecular weight excluding hydrogens is 418 g/mol. The molecule has 2 unspecified atom stereocenters. The molecule has 0 bridgehead atoms. The maximum Gasteiger partial charge on any atom is 0.265 e. The summed E-state index contributed by atoms with van der Waals surface area (Å²) in [7, 11) is -3.87. The van der Waals surface area contributed by atoms with Crippen LogP contribution >= 0.6 is 0 Å². The van der Waals surface area contributed by atoms with Gasteiger partial charge in [-0.1, -0.05) is 31.5 Å². The van der Waals surface area contributed by atoms with Crippen molar-refractivity contribution in [2.24, 2.45) is 5.92 Å². The highest BCUT2D eigenvalue weighted by atomic mass is 32.2. The molecule has 3 rings (SSSR count). The van der Waals surface area contributed by atoms with E-state index in [-0.39, 0.29) is 16.7 Å². The molecule has 3 N–H and O–H groups in total. The SMILES string of the molecule is Cc1ccc(S(=O)(=O)NC(CC(C)C)C(=O)Nc2ccc3c(c2)NC(=O)C(C)O3)cc1. The Kier molecular flexibility index (Phi) is 6.66. The van der Waals surface area contributed by atoms with E-state index >= 15 is 0 Å². The van der Waals surface area contributed by atoms with E-state index in [1.165, 1.54) is 12.1 Å². The van der Waals surface area contributed by atoms with Gasteiger partial charge in [-0.2, -0.15) is 4.72 Å². The second-order valence-electron chi connectivity index (χ2n) is 8.07. The number of amides is 2. The Morgan fingerprint density at radius 1 is 1.16 bits per heavy atom. The van der Waals surface area contributed by atoms with Crippen LogP contribution in [0.15, 0.2) is 47.4 Å². The minimum atomic E-state index is -3.87. The average Bonchev–Trinajstić information content (AvgIpc) is 2.68. The van der Waals surface area contributed by atoms with Gasteiger partial charge in [-0.05, 0) is 56.5 Å². The van der Waals surface area contributed by atoms with Crippen LogP contribution in [-0.4, -0.2) is 32.4 Å². The fraction of sp³-hybridized carbons (Fsp3) is 0.364. The molecule has 0 aliphatic carbocycles. The fourth-order valence-electron chi connectivity index (χ4n) is 3.17. The van der Waals surface area contributed by atoms with Gasteiger partial charge in [0.05, 0.1) is 10.6 Å². The molecule has 2 amide bonds. The van der Waals surface area contributed by atoms with Crippen LogP contribution < -0.4 is 20.1 Å². The maximum atomic E-state index is 12.9. The number of aryl methyl sites for hydroxylation is 1. The molecule has 9 heteroatoms. The monoisotopic (exact) mass is 445 g/mol. The number of carbonyl (C=O) groups is 2. The van der Waals surface area contributed by atoms with Crippen LogP contribution in [-0.2, 0) is 19.6 Å². The predicted octanol–water partition coefficient (Wildman–Crippen LogP) is 3.05. The van der Waals surface area contributed by atoms with Crippen molar-refractivity contribution in [1.29, 1.82) is 0 Å². The summed E-state index contributed by atoms with van der Waals surface area (Å²) in [6, 6.07) is 10.3. The highest BCUT2D eigenvalue weighted by Crippen LogP contribution is 2.32. The molecule has 2 aromatic rings. The Morgan fingerprint density at radius 2 is 1.84 bits per heavy atom. The molecule has 0 aromatic heterocycles. The summed E-state index contributed by atoms with van der Waals surface area (Å²) in [5.74, 6) is -0.182. The lowest BCUT2D eigenvalue weighted by Gasteiger charge is -2.24. The summed E-state index contributed by atoms with van der Waals surface area (Å²) >= 11 is 0. The molecule has 166 valence electrons. The fourth-order valence-corrected chi connectivity index (χ4v) is 4.38. The summed E-state index contributed by atoms with van der Waals surface area (Å²) in [5.41, 5.74) is 1.81. The van der Waals surface area contributed by atoms with Crippen LogP contribution in [0, 0.1) is 12.8 Å². The molecule has 1 aliphatic heterocycles. The standard InChI is InChI=1S/C22H27N3O5S/c1-13(2)11-19(25-31(28,29)17-8-5-14(3)6-9-17)22(27)23-16-7-10-20-18(12-16)24-21(26)15(4)30-20/h5-10,12-13,15,19,25H,11H2,1-4H3,(H,23,27)(H,24,26). The number of hydrogen-bond donors (Lipinski definition) is 3. The van der Waals surface area contributed by atoms with E-state index < -0.39 is 28.1 Å². The van der Waals surface area contributed by atoms with E-state index in [1.807, 2.05) is 20.8 Å². The van der Waals surface area contributed by atoms with Crippen molar-refractivity contribution in [3.63, 3.8) is 0 Å². The first kappa shape index (κ1) is 22.8. The summed E-state index contributed by atoms with van der Waals surface area (Å²) in [5, 5.41) is 5.46. The summed E-state index contributed by atoms with van der Waals surface area (Å²) < 4.78 is 33.6. The van der Waals surface area contributed by atoms with Crippen molar-refractivity contribution >= 4 is 33.2 Å². The largest absolute Gasteiger partial charge is 0.479 e. The highest BCUT2D eigenvalue weighted by molar-refractivity contribution is 7.89. The molecule has 1 heterocycles. The van der Waals surface area contributed by atoms with E-state index in [1.54, 1.807) is 37.3 Å². The molecular formula is C22H27N3O5S. The number of ether oxygens (including phenoxy) is 1. The maximum absolute atomic E-state index is 12.9. The van der Waals surface area contributed by atoms with Gasteiger partial charge in [-0.25, -0.2) is 8.42 Å². The van der Waals surface area contributed by atoms with Gasteiger partial charge in [0.15, 0.2) is 6.10 Å². The first-order valence-corrected chi connectivity index (χ1v) is 11.5. The summed E-state index contributed by atoms with van der Waals surface area (Å²) in [6.07, 6.45) is -0.279. The van der Waals surface area contributed by atoms with Crippen LogP contribution in [0.2, 0.25) is 0 Å². The van der Waals surface area contributed by atoms with E-state index in [2.05, 4.69) is 15.4 Å². The number of sulfonamides is 1. The summed E-state index contributed by atoms with van der Waals surface area (Å²) in [6.45, 7) is 7.33. The second kappa shape index (κ2) is 9.07. The minimum absolute atomic E-state index is 0.0779. The quantitative estimate of drug-likeness (QED) is 0.606. The van der Waals surface area contributed by atoms with Gasteiger partial charge >= 0.3 is 0 Å². The predicted molar refractivity (Wildman–Crippen MR) is 119 cm³/mol. The number of hydrogen-bond acceptors (Lipinski definition) is 5. The zero-order chi connectivity index (χ0) is 22.8. The second-order valence-corrected chi connectivity index (χ2v) is 9.78. The topological polar surface area (TPSA) is 114 Å². The van der Waals surface area contributed by atoms with Crippen LogP contribution in [0.4, 0.5) is 11.4 Å². The smallest absolute Gasteiger partial charge is 0.265 e. The minimum Gasteiger partial charge on any atom is -0.479 e. The molecule has 1 aliphatic rings. The van der Waals surface area contributed by atoms with Gasteiger partial charge in [0.1, 0.15) is 11.8 Å². The number of rotatable bonds is 7. The highest BCUT2D eigenvalue weighted by Gasteiger charge is 2.28. The van der Waals surface area contributed by atoms with Crippen LogP contribution in [0.1, 0.15) is 32.8 Å². The van der Waals surface area contributed by atoms with E-state index in [9.17, 15) is 18.0 Å². The molecule has 0 spiro atoms. The van der Waals surface area contributed by atoms with E-state index in [4.69, 9.17) is 4.74 Å². The van der Waals surface area contributed by atoms with Crippen molar-refractivity contribution in [3.8, 4) is 5.75 Å². The molecule has 2 aromatic carbocycles. The van der Waals surface area contributed by atoms with Gasteiger partial charge in [0.25, 0.3) is 5.91 Å². The zero-order valence-corrected chi connectivity index (χ0v) is 18.7. The van der Waals surface area contributed by atoms with Crippen molar-refractivity contribution in [1.82, 2.24) is 4.72 Å². The third-order valence-corrected chi connectivity index (χ3v) is 6.32. The lowest BCUT2D eigenvalue weighted by Crippen LogP contribution is -2.44. The molecule has 31 heavy (non-hydrogen) atoms. The Balaban J connectivity index is 1.78. The third-order valence-electron chi connectivity index (χ3n) is 4.83. The lowest BCUT2D eigenvalue weighted by atomic mass is 10.0. The van der Waals surface area contributed by atoms with Crippen molar-refractivity contribution in [3.05, 3.63) is 48.0 Å². The summed E-state index contributed by atoms with van der Waals surface area (Å²) in [4.78, 5) is 24.9. The van der Waals surface area contributed by atoms with Crippen molar-refractivity contribution in [2.45, 2.75) is 51.2 Å². The van der Waals surface area contributed by atoms with Gasteiger partial charge in [0, 0.05) is 5.69 Å². The number of fused-ring (bicyclic) bond motifs is 1. The average molecular weight is 446 g/mol. The Labute approximate surface area is 182 Å². The van der Waals surface area contributed by atoms with Gasteiger partial charge < -0.3 is 15.4 Å². The number of carbonyl (C=O) groups excluding carboxylic acids is 2. The van der Waals surface area contributed by atoms with Crippen molar-refractivity contribution in [2.75, 3.05) is 10.6 Å². The Morgan fingerprint density at radius 3 is 2.48 bits per heavy atom. The van der Waals surface area contributed by atoms with Crippen LogP contribution in [0.3, 0.4) is 0 Å². The molecule has 0 saturated carbocycles. The van der Waals surface area contributed by atoms with Crippen LogP contribution in [0.25, 0.3) is 0 Å². The van der Waals surface area contributed by atoms with Gasteiger partial charge in [-0.3, -0.25) is 9.59 Å². The van der Waals surface area contributed by atoms with E-state index in [0.29, 0.717) is 23.5 Å². The van der Waals surface area contributed by atoms with Crippen molar-refractivity contribution < 1.29 is 22.7 Å². The molecule has 8 nitrogen and oxygen atoms in total. The third kappa shape index (κ3) is 5.62.